The molecule has 0 aliphatic rings. The van der Waals surface area contributed by atoms with Crippen molar-refractivity contribution in [3.8, 4) is 5.82 Å². The Morgan fingerprint density at radius 2 is 2.15 bits per heavy atom. The second kappa shape index (κ2) is 4.60. The van der Waals surface area contributed by atoms with E-state index in [9.17, 15) is 13.6 Å². The van der Waals surface area contributed by atoms with Gasteiger partial charge in [0.1, 0.15) is 22.7 Å². The summed E-state index contributed by atoms with van der Waals surface area (Å²) in [4.78, 5) is 25.4. The van der Waals surface area contributed by atoms with Crippen LogP contribution >= 0.6 is 11.6 Å². The molecule has 0 saturated heterocycles. The molecule has 0 amide bonds. The number of halogens is 3. The van der Waals surface area contributed by atoms with Gasteiger partial charge in [-0.1, -0.05) is 11.6 Å². The predicted molar refractivity (Wildman–Crippen MR) is 64.2 cm³/mol. The third-order valence-corrected chi connectivity index (χ3v) is 2.98. The molecular formula is C10H5ClF2N6O. The minimum Gasteiger partial charge on any atom is -0.340 e. The lowest BCUT2D eigenvalue weighted by Crippen LogP contribution is -2.02. The van der Waals surface area contributed by atoms with Crippen molar-refractivity contribution in [3.63, 3.8) is 0 Å². The molecule has 3 aromatic rings. The molecule has 0 aliphatic heterocycles. The molecule has 0 fully saturated rings. The first-order chi connectivity index (χ1) is 9.63. The van der Waals surface area contributed by atoms with E-state index in [0.29, 0.717) is 11.2 Å². The molecule has 0 radical (unpaired) electrons. The Morgan fingerprint density at radius 3 is 2.80 bits per heavy atom. The summed E-state index contributed by atoms with van der Waals surface area (Å²) >= 11 is 5.92. The fourth-order valence-electron chi connectivity index (χ4n) is 1.75. The standard InChI is InChI=1S/C10H5ClF2N6O/c11-7-4(1-20)5(8(12)13)18-19(7)10-6-9(15-2-14-6)16-3-17-10/h1-3,8H,(H,14,15,16,17). The van der Waals surface area contributed by atoms with Crippen LogP contribution in [-0.2, 0) is 0 Å². The molecule has 3 rings (SSSR count). The number of carbonyl (C=O) groups excluding carboxylic acids is 1. The maximum absolute atomic E-state index is 12.8. The fourth-order valence-corrected chi connectivity index (χ4v) is 2.01. The summed E-state index contributed by atoms with van der Waals surface area (Å²) in [6.45, 7) is 0. The van der Waals surface area contributed by atoms with Crippen LogP contribution < -0.4 is 0 Å². The number of nitrogens with one attached hydrogen (secondary N) is 1. The Kier molecular flexibility index (Phi) is 2.90. The highest BCUT2D eigenvalue weighted by atomic mass is 35.5. The molecule has 0 aliphatic carbocycles. The van der Waals surface area contributed by atoms with Gasteiger partial charge in [-0.05, 0) is 0 Å². The number of H-pyrrole nitrogens is 1. The van der Waals surface area contributed by atoms with Crippen molar-refractivity contribution in [2.24, 2.45) is 0 Å². The first-order valence-electron chi connectivity index (χ1n) is 5.29. The third kappa shape index (κ3) is 1.74. The number of rotatable bonds is 3. The number of carbonyl (C=O) groups is 1. The first-order valence-corrected chi connectivity index (χ1v) is 5.67. The molecule has 1 N–H and O–H groups in total. The molecule has 0 aromatic carbocycles. The van der Waals surface area contributed by atoms with E-state index < -0.39 is 12.1 Å². The van der Waals surface area contributed by atoms with Crippen LogP contribution in [0.4, 0.5) is 8.78 Å². The summed E-state index contributed by atoms with van der Waals surface area (Å²) < 4.78 is 26.6. The minimum atomic E-state index is -2.92. The zero-order chi connectivity index (χ0) is 14.3. The third-order valence-electron chi connectivity index (χ3n) is 2.62. The zero-order valence-electron chi connectivity index (χ0n) is 9.59. The van der Waals surface area contributed by atoms with E-state index in [4.69, 9.17) is 11.6 Å². The van der Waals surface area contributed by atoms with Crippen LogP contribution in [-0.4, -0.2) is 36.0 Å². The second-order valence-electron chi connectivity index (χ2n) is 3.72. The molecule has 10 heteroatoms. The lowest BCUT2D eigenvalue weighted by Gasteiger charge is -2.02. The molecule has 3 heterocycles. The first kappa shape index (κ1) is 12.6. The highest BCUT2D eigenvalue weighted by molar-refractivity contribution is 6.32. The number of nitrogens with zero attached hydrogens (tertiary/aromatic N) is 5. The lowest BCUT2D eigenvalue weighted by molar-refractivity contribution is 0.110. The van der Waals surface area contributed by atoms with Gasteiger partial charge < -0.3 is 4.98 Å². The van der Waals surface area contributed by atoms with Gasteiger partial charge in [0.15, 0.2) is 17.8 Å². The summed E-state index contributed by atoms with van der Waals surface area (Å²) in [7, 11) is 0. The summed E-state index contributed by atoms with van der Waals surface area (Å²) in [6.07, 6.45) is -0.125. The molecule has 0 saturated carbocycles. The van der Waals surface area contributed by atoms with E-state index in [-0.39, 0.29) is 22.8 Å². The highest BCUT2D eigenvalue weighted by Gasteiger charge is 2.25. The van der Waals surface area contributed by atoms with Gasteiger partial charge in [-0.2, -0.15) is 5.10 Å². The quantitative estimate of drug-likeness (QED) is 0.746. The molecule has 0 bridgehead atoms. The summed E-state index contributed by atoms with van der Waals surface area (Å²) in [5.41, 5.74) is -0.368. The monoisotopic (exact) mass is 298 g/mol. The lowest BCUT2D eigenvalue weighted by atomic mass is 10.3. The van der Waals surface area contributed by atoms with Crippen molar-refractivity contribution in [2.45, 2.75) is 6.43 Å². The average Bonchev–Trinajstić information content (AvgIpc) is 3.02. The maximum Gasteiger partial charge on any atom is 0.282 e. The predicted octanol–water partition coefficient (Wildman–Crippen LogP) is 1.94. The van der Waals surface area contributed by atoms with Crippen molar-refractivity contribution < 1.29 is 13.6 Å². The number of aldehydes is 1. The average molecular weight is 299 g/mol. The Hall–Kier alpha value is -2.42. The molecular weight excluding hydrogens is 294 g/mol. The van der Waals surface area contributed by atoms with Crippen LogP contribution in [0.25, 0.3) is 17.0 Å². The largest absolute Gasteiger partial charge is 0.340 e. The number of aromatic amines is 1. The van der Waals surface area contributed by atoms with E-state index in [1.807, 2.05) is 0 Å². The highest BCUT2D eigenvalue weighted by Crippen LogP contribution is 2.29. The Balaban J connectivity index is 2.30. The number of imidazole rings is 1. The van der Waals surface area contributed by atoms with Crippen LogP contribution in [0.5, 0.6) is 0 Å². The smallest absolute Gasteiger partial charge is 0.282 e. The van der Waals surface area contributed by atoms with Gasteiger partial charge in [0.2, 0.25) is 0 Å². The van der Waals surface area contributed by atoms with Crippen molar-refractivity contribution >= 4 is 29.1 Å². The van der Waals surface area contributed by atoms with Crippen molar-refractivity contribution in [2.75, 3.05) is 0 Å². The number of hydrogen-bond acceptors (Lipinski definition) is 5. The number of aromatic nitrogens is 6. The molecule has 0 unspecified atom stereocenters. The van der Waals surface area contributed by atoms with Gasteiger partial charge in [-0.15, -0.1) is 0 Å². The van der Waals surface area contributed by atoms with Crippen molar-refractivity contribution in [3.05, 3.63) is 29.1 Å². The topological polar surface area (TPSA) is 89.3 Å². The SMILES string of the molecule is O=Cc1c(C(F)F)nn(-c2ncnc3nc[nH]c23)c1Cl. The van der Waals surface area contributed by atoms with E-state index >= 15 is 0 Å². The Morgan fingerprint density at radius 1 is 1.35 bits per heavy atom. The maximum atomic E-state index is 12.8. The van der Waals surface area contributed by atoms with Gasteiger partial charge in [-0.3, -0.25) is 4.79 Å². The van der Waals surface area contributed by atoms with Gasteiger partial charge in [0.25, 0.3) is 6.43 Å². The molecule has 102 valence electrons. The number of hydrogen-bond donors (Lipinski definition) is 1. The number of alkyl halides is 2. The van der Waals surface area contributed by atoms with E-state index in [0.717, 1.165) is 4.68 Å². The van der Waals surface area contributed by atoms with Gasteiger partial charge >= 0.3 is 0 Å². The van der Waals surface area contributed by atoms with Gasteiger partial charge in [-0.25, -0.2) is 28.4 Å². The van der Waals surface area contributed by atoms with Gasteiger partial charge in [0, 0.05) is 0 Å². The Labute approximate surface area is 114 Å². The molecule has 3 aromatic heterocycles. The fraction of sp³-hybridized carbons (Fsp3) is 0.100. The van der Waals surface area contributed by atoms with Crippen LogP contribution in [0.15, 0.2) is 12.7 Å². The van der Waals surface area contributed by atoms with Crippen LogP contribution in [0.3, 0.4) is 0 Å². The normalized spacial score (nSPS) is 11.4. The van der Waals surface area contributed by atoms with Gasteiger partial charge in [0.05, 0.1) is 11.9 Å². The van der Waals surface area contributed by atoms with Crippen molar-refractivity contribution in [1.82, 2.24) is 29.7 Å². The zero-order valence-corrected chi connectivity index (χ0v) is 10.3. The van der Waals surface area contributed by atoms with E-state index in [2.05, 4.69) is 25.0 Å². The van der Waals surface area contributed by atoms with E-state index in [1.165, 1.54) is 12.7 Å². The second-order valence-corrected chi connectivity index (χ2v) is 4.08. The summed E-state index contributed by atoms with van der Waals surface area (Å²) in [5, 5.41) is 3.40. The van der Waals surface area contributed by atoms with Crippen LogP contribution in [0, 0.1) is 0 Å². The molecule has 20 heavy (non-hydrogen) atoms. The molecule has 7 nitrogen and oxygen atoms in total. The van der Waals surface area contributed by atoms with Crippen LogP contribution in [0.1, 0.15) is 22.5 Å². The Bertz CT molecular complexity index is 798. The summed E-state index contributed by atoms with van der Waals surface area (Å²) in [6, 6.07) is 0. The van der Waals surface area contributed by atoms with Crippen molar-refractivity contribution in [1.29, 1.82) is 0 Å². The van der Waals surface area contributed by atoms with E-state index in [1.54, 1.807) is 0 Å². The minimum absolute atomic E-state index is 0.132. The van der Waals surface area contributed by atoms with Crippen LogP contribution in [0.2, 0.25) is 5.15 Å². The summed E-state index contributed by atoms with van der Waals surface area (Å²) in [5.74, 6) is 0.132. The number of fused-ring (bicyclic) bond motifs is 1. The molecule has 0 atom stereocenters. The molecule has 0 spiro atoms.